The molecule has 2 bridgehead atoms. The minimum Gasteiger partial charge on any atom is -0.496 e. The maximum absolute atomic E-state index is 15.3. The molecular formula is C38H32F11N3O7. The van der Waals surface area contributed by atoms with Crippen LogP contribution in [0.2, 0.25) is 0 Å². The lowest BCUT2D eigenvalue weighted by atomic mass is 9.80. The van der Waals surface area contributed by atoms with Gasteiger partial charge in [-0.15, -0.1) is 0 Å². The molecule has 21 heteroatoms. The highest BCUT2D eigenvalue weighted by Crippen LogP contribution is 2.54. The van der Waals surface area contributed by atoms with Gasteiger partial charge in [-0.1, -0.05) is 17.7 Å². The minimum absolute atomic E-state index is 0.212. The summed E-state index contributed by atoms with van der Waals surface area (Å²) in [5.74, 6) is -11.3. The number of allylic oxidation sites excluding steroid dienone is 1. The molecule has 59 heavy (non-hydrogen) atoms. The Balaban J connectivity index is 1.35. The van der Waals surface area contributed by atoms with Crippen LogP contribution in [0.1, 0.15) is 46.9 Å². The zero-order valence-corrected chi connectivity index (χ0v) is 30.1. The number of benzene rings is 3. The number of alkyl halides is 9. The normalized spacial score (nSPS) is 24.3. The van der Waals surface area contributed by atoms with Crippen molar-refractivity contribution in [3.63, 3.8) is 0 Å². The predicted molar refractivity (Wildman–Crippen MR) is 182 cm³/mol. The zero-order chi connectivity index (χ0) is 43.4. The second-order valence-electron chi connectivity index (χ2n) is 14.2. The molecule has 3 saturated carbocycles. The first-order valence-corrected chi connectivity index (χ1v) is 17.6. The number of ether oxygens (including phenoxy) is 2. The molecule has 5 unspecified atom stereocenters. The molecule has 0 aromatic heterocycles. The summed E-state index contributed by atoms with van der Waals surface area (Å²) in [7, 11) is 1.07. The van der Waals surface area contributed by atoms with Crippen LogP contribution in [-0.4, -0.2) is 71.9 Å². The van der Waals surface area contributed by atoms with Crippen LogP contribution in [0.15, 0.2) is 66.2 Å². The number of rotatable bonds is 9. The van der Waals surface area contributed by atoms with Crippen LogP contribution in [-0.2, 0) is 15.7 Å². The quantitative estimate of drug-likeness (QED) is 0.112. The van der Waals surface area contributed by atoms with E-state index in [0.29, 0.717) is 25.0 Å². The van der Waals surface area contributed by atoms with E-state index in [2.05, 4.69) is 15.4 Å². The number of amides is 3. The first-order valence-electron chi connectivity index (χ1n) is 17.6. The smallest absolute Gasteiger partial charge is 0.429 e. The van der Waals surface area contributed by atoms with Crippen molar-refractivity contribution in [1.29, 1.82) is 0 Å². The van der Waals surface area contributed by atoms with E-state index < -0.39 is 124 Å². The zero-order valence-electron chi connectivity index (χ0n) is 30.1. The Morgan fingerprint density at radius 3 is 2.08 bits per heavy atom. The Kier molecular flexibility index (Phi) is 11.7. The SMILES string of the molecule is COc1ccc(-c2cc([C@H](OC(=O)NC3CCC3)C(F)(F)F)ccc2F)cc1C(=O)NC1C2/C(=C\C(F)(F)F)C(C(O)C2O)[C@@H]1C(=O)Nc1ccc(F)c(C(F)(F)F)c1. The summed E-state index contributed by atoms with van der Waals surface area (Å²) in [6, 6.07) is 4.35. The predicted octanol–water partition coefficient (Wildman–Crippen LogP) is 7.36. The summed E-state index contributed by atoms with van der Waals surface area (Å²) in [6.07, 6.45) is -22.3. The number of fused-ring (bicyclic) bond motifs is 2. The molecule has 3 aliphatic rings. The first kappa shape index (κ1) is 43.1. The van der Waals surface area contributed by atoms with Gasteiger partial charge in [-0.25, -0.2) is 13.6 Å². The highest BCUT2D eigenvalue weighted by atomic mass is 19.4. The van der Waals surface area contributed by atoms with Gasteiger partial charge in [0.25, 0.3) is 5.91 Å². The summed E-state index contributed by atoms with van der Waals surface area (Å²) in [5.41, 5.74) is -5.24. The van der Waals surface area contributed by atoms with Crippen LogP contribution in [0.25, 0.3) is 11.1 Å². The molecule has 3 fully saturated rings. The third-order valence-corrected chi connectivity index (χ3v) is 10.5. The van der Waals surface area contributed by atoms with Crippen LogP contribution in [0.5, 0.6) is 5.75 Å². The van der Waals surface area contributed by atoms with Crippen molar-refractivity contribution in [3.05, 3.63) is 94.6 Å². The Labute approximate surface area is 326 Å². The Hall–Kier alpha value is -5.44. The lowest BCUT2D eigenvalue weighted by Gasteiger charge is -2.35. The number of hydrogen-bond acceptors (Lipinski definition) is 7. The monoisotopic (exact) mass is 851 g/mol. The van der Waals surface area contributed by atoms with Gasteiger partial charge in [0.1, 0.15) is 17.4 Å². The van der Waals surface area contributed by atoms with Gasteiger partial charge in [0.2, 0.25) is 12.0 Å². The minimum atomic E-state index is -5.23. The molecule has 3 aromatic rings. The molecule has 0 aliphatic heterocycles. The van der Waals surface area contributed by atoms with Gasteiger partial charge in [0.15, 0.2) is 0 Å². The van der Waals surface area contributed by atoms with Gasteiger partial charge in [-0.2, -0.15) is 39.5 Å². The van der Waals surface area contributed by atoms with Gasteiger partial charge < -0.3 is 35.6 Å². The van der Waals surface area contributed by atoms with E-state index in [1.54, 1.807) is 0 Å². The van der Waals surface area contributed by atoms with E-state index in [4.69, 9.17) is 4.74 Å². The molecule has 3 amide bonds. The second kappa shape index (κ2) is 16.0. The van der Waals surface area contributed by atoms with Gasteiger partial charge in [-0.05, 0) is 67.3 Å². The average molecular weight is 852 g/mol. The van der Waals surface area contributed by atoms with Crippen molar-refractivity contribution in [3.8, 4) is 16.9 Å². The first-order chi connectivity index (χ1) is 27.5. The molecule has 3 aliphatic carbocycles. The number of carbonyl (C=O) groups is 3. The van der Waals surface area contributed by atoms with E-state index in [-0.39, 0.29) is 29.5 Å². The highest BCUT2D eigenvalue weighted by molar-refractivity contribution is 6.00. The number of carbonyl (C=O) groups excluding carboxylic acids is 3. The molecule has 3 aromatic carbocycles. The molecule has 318 valence electrons. The van der Waals surface area contributed by atoms with Crippen LogP contribution in [0.4, 0.5) is 58.8 Å². The summed E-state index contributed by atoms with van der Waals surface area (Å²) in [5, 5.41) is 28.3. The number of hydrogen-bond donors (Lipinski definition) is 5. The second-order valence-corrected chi connectivity index (χ2v) is 14.2. The van der Waals surface area contributed by atoms with E-state index in [1.807, 2.05) is 5.32 Å². The lowest BCUT2D eigenvalue weighted by Crippen LogP contribution is -2.55. The van der Waals surface area contributed by atoms with E-state index >= 15 is 4.39 Å². The largest absolute Gasteiger partial charge is 0.496 e. The topological polar surface area (TPSA) is 146 Å². The molecule has 0 saturated heterocycles. The standard InChI is InChI=1S/C38H32F11N3O7/c1-58-25-10-6-15(19-12-16(5-8-23(19)39)32(38(47,48)49)59-35(57)51-17-3-2-4-17)11-20(25)33(55)52-29-27-21(14-36(41,42)43)26(30(53)31(27)54)28(29)34(56)50-18-7-9-24(40)22(13-18)37(44,45)46/h5-14,17,26-32,53-54H,2-4H2,1H3,(H,50,56)(H,51,57)(H,52,55)/b21-14-/t26?,27?,28-,29?,30?,31?,32-/m0/s1. The molecule has 0 radical (unpaired) electrons. The maximum Gasteiger partial charge on any atom is 0.429 e. The van der Waals surface area contributed by atoms with Gasteiger partial charge in [0, 0.05) is 40.8 Å². The summed E-state index contributed by atoms with van der Waals surface area (Å²) in [4.78, 5) is 40.0. The van der Waals surface area contributed by atoms with Crippen molar-refractivity contribution in [2.75, 3.05) is 12.4 Å². The Bertz CT molecular complexity index is 2150. The number of halogens is 11. The fourth-order valence-electron chi connectivity index (χ4n) is 7.65. The third-order valence-electron chi connectivity index (χ3n) is 10.5. The van der Waals surface area contributed by atoms with Crippen LogP contribution in [0.3, 0.4) is 0 Å². The van der Waals surface area contributed by atoms with E-state index in [0.717, 1.165) is 49.9 Å². The van der Waals surface area contributed by atoms with Crippen molar-refractivity contribution in [2.24, 2.45) is 17.8 Å². The van der Waals surface area contributed by atoms with Gasteiger partial charge in [0.05, 0.1) is 42.4 Å². The third kappa shape index (κ3) is 8.94. The molecule has 5 N–H and O–H groups in total. The summed E-state index contributed by atoms with van der Waals surface area (Å²) in [6.45, 7) is 0. The Morgan fingerprint density at radius 2 is 1.49 bits per heavy atom. The molecule has 7 atom stereocenters. The Morgan fingerprint density at radius 1 is 0.831 bits per heavy atom. The molecular weight excluding hydrogens is 819 g/mol. The fraction of sp³-hybridized carbons (Fsp3) is 0.395. The molecule has 0 heterocycles. The number of aliphatic hydroxyl groups is 2. The van der Waals surface area contributed by atoms with E-state index in [1.165, 1.54) is 0 Å². The van der Waals surface area contributed by atoms with E-state index in [9.17, 15) is 68.5 Å². The summed E-state index contributed by atoms with van der Waals surface area (Å²) < 4.78 is 163. The number of anilines is 1. The number of alkyl carbamates (subject to hydrolysis) is 1. The van der Waals surface area contributed by atoms with Crippen LogP contribution < -0.4 is 20.7 Å². The van der Waals surface area contributed by atoms with Crippen molar-refractivity contribution >= 4 is 23.6 Å². The molecule has 0 spiro atoms. The lowest BCUT2D eigenvalue weighted by molar-refractivity contribution is -0.206. The van der Waals surface area contributed by atoms with Crippen molar-refractivity contribution < 1.29 is 82.4 Å². The van der Waals surface area contributed by atoms with Crippen molar-refractivity contribution in [1.82, 2.24) is 10.6 Å². The van der Waals surface area contributed by atoms with Gasteiger partial charge in [-0.3, -0.25) is 9.59 Å². The maximum atomic E-state index is 15.3. The number of aliphatic hydroxyl groups excluding tert-OH is 2. The highest BCUT2D eigenvalue weighted by Gasteiger charge is 2.64. The summed E-state index contributed by atoms with van der Waals surface area (Å²) >= 11 is 0. The van der Waals surface area contributed by atoms with Crippen LogP contribution in [0, 0.1) is 29.4 Å². The van der Waals surface area contributed by atoms with Crippen molar-refractivity contribution in [2.45, 2.75) is 68.2 Å². The number of methoxy groups -OCH3 is 1. The van der Waals surface area contributed by atoms with Crippen LogP contribution >= 0.6 is 0 Å². The molecule has 6 rings (SSSR count). The molecule has 10 nitrogen and oxygen atoms in total. The number of nitrogens with one attached hydrogen (secondary N) is 3. The average Bonchev–Trinajstić information content (AvgIpc) is 3.54. The fourth-order valence-corrected chi connectivity index (χ4v) is 7.65. The van der Waals surface area contributed by atoms with Gasteiger partial charge >= 0.3 is 24.6 Å².